The van der Waals surface area contributed by atoms with Crippen molar-refractivity contribution in [1.82, 2.24) is 36.0 Å². The zero-order chi connectivity index (χ0) is 47.6. The van der Waals surface area contributed by atoms with Crippen LogP contribution >= 0.6 is 0 Å². The summed E-state index contributed by atoms with van der Waals surface area (Å²) in [7, 11) is 1.58. The van der Waals surface area contributed by atoms with Crippen LogP contribution < -0.4 is 21.3 Å². The Morgan fingerprint density at radius 2 is 1.45 bits per heavy atom. The van der Waals surface area contributed by atoms with E-state index < -0.39 is 23.3 Å². The lowest BCUT2D eigenvalue weighted by Gasteiger charge is -2.33. The maximum absolute atomic E-state index is 14.0. The number of nitrogens with one attached hydrogen (secondary N) is 5. The predicted octanol–water partition coefficient (Wildman–Crippen LogP) is 7.72. The van der Waals surface area contributed by atoms with E-state index in [0.29, 0.717) is 74.8 Å². The van der Waals surface area contributed by atoms with Gasteiger partial charge in [0.1, 0.15) is 23.9 Å². The van der Waals surface area contributed by atoms with Gasteiger partial charge in [0.25, 0.3) is 5.91 Å². The van der Waals surface area contributed by atoms with Gasteiger partial charge in [0.2, 0.25) is 11.8 Å². The molecule has 3 aromatic carbocycles. The molecule has 4 aromatic rings. The van der Waals surface area contributed by atoms with Crippen molar-refractivity contribution in [1.29, 1.82) is 0 Å². The maximum Gasteiger partial charge on any atom is 0.410 e. The maximum atomic E-state index is 14.0. The predicted molar refractivity (Wildman–Crippen MR) is 251 cm³/mol. The van der Waals surface area contributed by atoms with Gasteiger partial charge in [-0.05, 0) is 152 Å². The Morgan fingerprint density at radius 1 is 0.803 bits per heavy atom. The fraction of sp³-hybridized carbons (Fsp3) is 0.500. The van der Waals surface area contributed by atoms with Crippen molar-refractivity contribution in [2.75, 3.05) is 32.1 Å². The molecule has 354 valence electrons. The molecule has 5 N–H and O–H groups in total. The third kappa shape index (κ3) is 14.4. The number of methoxy groups -OCH3 is 1. The molecule has 1 saturated carbocycles. The van der Waals surface area contributed by atoms with Crippen LogP contribution in [0.3, 0.4) is 0 Å². The molecule has 16 heteroatoms. The van der Waals surface area contributed by atoms with Crippen LogP contribution in [-0.4, -0.2) is 100 Å². The van der Waals surface area contributed by atoms with Crippen LogP contribution in [0, 0.1) is 18.8 Å². The summed E-state index contributed by atoms with van der Waals surface area (Å²) >= 11 is 0. The van der Waals surface area contributed by atoms with Gasteiger partial charge in [-0.2, -0.15) is 0 Å². The number of hydrogen-bond donors (Lipinski definition) is 5. The number of aromatic amines is 1. The highest BCUT2D eigenvalue weighted by Crippen LogP contribution is 2.30. The number of amides is 5. The monoisotopic (exact) mass is 907 g/mol. The summed E-state index contributed by atoms with van der Waals surface area (Å²) in [6, 6.07) is 19.8. The van der Waals surface area contributed by atoms with Gasteiger partial charge in [0.15, 0.2) is 11.6 Å². The van der Waals surface area contributed by atoms with Crippen LogP contribution in [-0.2, 0) is 36.8 Å². The number of rotatable bonds is 14. The van der Waals surface area contributed by atoms with Crippen molar-refractivity contribution in [3.05, 3.63) is 89.2 Å². The second kappa shape index (κ2) is 21.8. The first-order chi connectivity index (χ1) is 31.3. The highest BCUT2D eigenvalue weighted by Gasteiger charge is 2.31. The fourth-order valence-electron chi connectivity index (χ4n) is 8.23. The molecule has 6 rings (SSSR count). The molecule has 1 aliphatic carbocycles. The molecule has 0 unspecified atom stereocenters. The third-order valence-corrected chi connectivity index (χ3v) is 11.7. The number of H-pyrrole nitrogens is 1. The molecular weight excluding hydrogens is 841 g/mol. The van der Waals surface area contributed by atoms with Gasteiger partial charge in [-0.3, -0.25) is 14.4 Å². The summed E-state index contributed by atoms with van der Waals surface area (Å²) in [6.45, 7) is 14.8. The van der Waals surface area contributed by atoms with E-state index in [0.717, 1.165) is 40.7 Å². The van der Waals surface area contributed by atoms with Crippen molar-refractivity contribution in [2.24, 2.45) is 11.8 Å². The highest BCUT2D eigenvalue weighted by atomic mass is 16.6. The van der Waals surface area contributed by atoms with E-state index in [2.05, 4.69) is 36.4 Å². The van der Waals surface area contributed by atoms with Crippen LogP contribution in [0.25, 0.3) is 22.5 Å². The van der Waals surface area contributed by atoms with Crippen LogP contribution in [0.5, 0.6) is 0 Å². The number of likely N-dealkylation sites (tertiary alicyclic amines) is 1. The first-order valence-corrected chi connectivity index (χ1v) is 22.9. The molecule has 0 radical (unpaired) electrons. The molecule has 2 heterocycles. The summed E-state index contributed by atoms with van der Waals surface area (Å²) in [5, 5.41) is 20.3. The van der Waals surface area contributed by atoms with Crippen molar-refractivity contribution in [2.45, 2.75) is 123 Å². The van der Waals surface area contributed by atoms with Crippen molar-refractivity contribution in [3.63, 3.8) is 0 Å². The van der Waals surface area contributed by atoms with Gasteiger partial charge in [0.05, 0.1) is 0 Å². The molecule has 0 spiro atoms. The number of aryl methyl sites for hydroxylation is 1. The van der Waals surface area contributed by atoms with E-state index in [-0.39, 0.29) is 48.1 Å². The SMILES string of the molecule is COCc1nnc(-c2ccc(NC(=O)[C@H](Cc3ccc(-c4ccc(C(=O)NC5CCN(C(=O)OC(C)(C)C)CC5)cc4C)cc3)NC(=O)[C@H]3CC[C@H](CNC(=O)OC(C)(C)C)CC3)cc2)[nH]1. The number of carbonyl (C=O) groups excluding carboxylic acids is 5. The minimum absolute atomic E-state index is 0.0462. The second-order valence-corrected chi connectivity index (χ2v) is 19.4. The molecular formula is C50H66N8O8. The first-order valence-electron chi connectivity index (χ1n) is 22.9. The van der Waals surface area contributed by atoms with E-state index in [1.807, 2.05) is 103 Å². The Hall–Kier alpha value is -6.29. The molecule has 66 heavy (non-hydrogen) atoms. The lowest BCUT2D eigenvalue weighted by molar-refractivity contribution is -0.130. The fourth-order valence-corrected chi connectivity index (χ4v) is 8.23. The van der Waals surface area contributed by atoms with E-state index in [4.69, 9.17) is 14.2 Å². The molecule has 0 bridgehead atoms. The molecule has 16 nitrogen and oxygen atoms in total. The summed E-state index contributed by atoms with van der Waals surface area (Å²) in [4.78, 5) is 70.7. The van der Waals surface area contributed by atoms with Crippen LogP contribution in [0.4, 0.5) is 15.3 Å². The smallest absolute Gasteiger partial charge is 0.410 e. The highest BCUT2D eigenvalue weighted by molar-refractivity contribution is 5.98. The zero-order valence-electron chi connectivity index (χ0n) is 39.5. The van der Waals surface area contributed by atoms with E-state index in [1.54, 1.807) is 24.1 Å². The number of alkyl carbamates (subject to hydrolysis) is 1. The van der Waals surface area contributed by atoms with Crippen LogP contribution in [0.15, 0.2) is 66.7 Å². The summed E-state index contributed by atoms with van der Waals surface area (Å²) in [5.74, 6) is 0.445. The lowest BCUT2D eigenvalue weighted by atomic mass is 9.81. The third-order valence-electron chi connectivity index (χ3n) is 11.7. The second-order valence-electron chi connectivity index (χ2n) is 19.4. The number of aromatic nitrogens is 3. The average Bonchev–Trinajstić information content (AvgIpc) is 3.74. The Labute approximate surface area is 387 Å². The Morgan fingerprint density at radius 3 is 2.08 bits per heavy atom. The number of carbonyl (C=O) groups is 5. The molecule has 1 atom stereocenters. The number of hydrogen-bond acceptors (Lipinski definition) is 10. The van der Waals surface area contributed by atoms with Gasteiger partial charge in [0, 0.05) is 61.9 Å². The number of ether oxygens (including phenoxy) is 3. The van der Waals surface area contributed by atoms with Crippen molar-refractivity contribution >= 4 is 35.6 Å². The van der Waals surface area contributed by atoms with Gasteiger partial charge in [-0.25, -0.2) is 9.59 Å². The molecule has 5 amide bonds. The number of piperidine rings is 1. The molecule has 1 aromatic heterocycles. The van der Waals surface area contributed by atoms with Gasteiger partial charge < -0.3 is 45.4 Å². The Balaban J connectivity index is 1.08. The molecule has 1 saturated heterocycles. The van der Waals surface area contributed by atoms with Crippen LogP contribution in [0.2, 0.25) is 0 Å². The van der Waals surface area contributed by atoms with Gasteiger partial charge in [-0.15, -0.1) is 10.2 Å². The average molecular weight is 907 g/mol. The lowest BCUT2D eigenvalue weighted by Crippen LogP contribution is -2.48. The minimum atomic E-state index is -0.871. The molecule has 1 aliphatic heterocycles. The number of benzene rings is 3. The molecule has 2 fully saturated rings. The standard InChI is InChI=1S/C50H66N8O8/c1-31-27-37(45(60)52-39-23-25-58(26-24-39)48(63)66-50(5,6)7)19-22-40(31)34-13-9-32(10-14-34)28-41(46(61)53-38-20-17-35(18-21-38)43-55-42(30-64-8)56-57-43)54-44(59)36-15-11-33(12-16-36)29-51-47(62)65-49(2,3)4/h9-10,13-14,17-22,27,33,36,39,41H,11-12,15-16,23-26,28-30H2,1-8H3,(H,51,62)(H,52,60)(H,53,61)(H,54,59)(H,55,56,57)/t33-,36-,41-/m0/s1. The molecule has 2 aliphatic rings. The van der Waals surface area contributed by atoms with E-state index in [1.165, 1.54) is 0 Å². The first kappa shape index (κ1) is 49.2. The van der Waals surface area contributed by atoms with Gasteiger partial charge >= 0.3 is 12.2 Å². The normalized spacial score (nSPS) is 17.3. The number of nitrogens with zero attached hydrogens (tertiary/aromatic N) is 3. The summed E-state index contributed by atoms with van der Waals surface area (Å²) in [6.07, 6.45) is 3.56. The van der Waals surface area contributed by atoms with E-state index in [9.17, 15) is 24.0 Å². The van der Waals surface area contributed by atoms with Crippen LogP contribution in [0.1, 0.15) is 107 Å². The summed E-state index contributed by atoms with van der Waals surface area (Å²) < 4.78 is 16.0. The quantitative estimate of drug-likeness (QED) is 0.0833. The Kier molecular flexibility index (Phi) is 16.2. The summed E-state index contributed by atoms with van der Waals surface area (Å²) in [5.41, 5.74) is 4.45. The van der Waals surface area contributed by atoms with Crippen molar-refractivity contribution < 1.29 is 38.2 Å². The van der Waals surface area contributed by atoms with E-state index >= 15 is 0 Å². The Bertz CT molecular complexity index is 2300. The van der Waals surface area contributed by atoms with Gasteiger partial charge in [-0.1, -0.05) is 30.3 Å². The van der Waals surface area contributed by atoms with Crippen molar-refractivity contribution in [3.8, 4) is 22.5 Å². The largest absolute Gasteiger partial charge is 0.444 e. The number of anilines is 1. The zero-order valence-corrected chi connectivity index (χ0v) is 39.5. The topological polar surface area (TPSA) is 206 Å². The minimum Gasteiger partial charge on any atom is -0.444 e.